The minimum Gasteiger partial charge on any atom is -0.263 e. The highest BCUT2D eigenvalue weighted by molar-refractivity contribution is 7.92. The lowest BCUT2D eigenvalue weighted by atomic mass is 10.2. The number of benzene rings is 1. The Morgan fingerprint density at radius 1 is 1.26 bits per heavy atom. The van der Waals surface area contributed by atoms with Gasteiger partial charge in [-0.15, -0.1) is 0 Å². The molecule has 0 aliphatic rings. The van der Waals surface area contributed by atoms with Crippen molar-refractivity contribution in [3.05, 3.63) is 52.0 Å². The van der Waals surface area contributed by atoms with Crippen molar-refractivity contribution in [2.24, 2.45) is 0 Å². The van der Waals surface area contributed by atoms with E-state index in [-0.39, 0.29) is 17.7 Å². The van der Waals surface area contributed by atoms with Gasteiger partial charge in [0.05, 0.1) is 10.5 Å². The molecule has 0 radical (unpaired) electrons. The van der Waals surface area contributed by atoms with Crippen molar-refractivity contribution < 1.29 is 26.5 Å². The number of nitrogens with one attached hydrogen (secondary N) is 1. The molecule has 0 saturated carbocycles. The van der Waals surface area contributed by atoms with Gasteiger partial charge in [-0.1, -0.05) is 0 Å². The Bertz CT molecular complexity index is 1160. The van der Waals surface area contributed by atoms with E-state index in [1.165, 1.54) is 13.0 Å². The molecule has 14 heteroatoms. The van der Waals surface area contributed by atoms with Crippen molar-refractivity contribution in [3.63, 3.8) is 0 Å². The third kappa shape index (κ3) is 3.51. The number of aromatic nitrogens is 4. The van der Waals surface area contributed by atoms with Crippen molar-refractivity contribution in [1.29, 1.82) is 0 Å². The summed E-state index contributed by atoms with van der Waals surface area (Å²) in [5, 5.41) is 14.5. The van der Waals surface area contributed by atoms with E-state index in [1.54, 1.807) is 0 Å². The molecule has 0 bridgehead atoms. The second kappa shape index (κ2) is 6.15. The molecule has 3 rings (SSSR count). The summed E-state index contributed by atoms with van der Waals surface area (Å²) in [6.45, 7) is 1.53. The van der Waals surface area contributed by atoms with Gasteiger partial charge in [0.2, 0.25) is 0 Å². The maximum absolute atomic E-state index is 13.3. The Morgan fingerprint density at radius 2 is 1.96 bits per heavy atom. The molecule has 0 aliphatic heterocycles. The SMILES string of the molecule is Cc1cc(NS(=O)(=O)c2ccc([N+](=O)[O-])cc2C(F)(F)F)n2ncnc2n1. The predicted molar refractivity (Wildman–Crippen MR) is 84.4 cm³/mol. The molecule has 3 aromatic rings. The average molecular weight is 402 g/mol. The summed E-state index contributed by atoms with van der Waals surface area (Å²) in [6.07, 6.45) is -4.04. The van der Waals surface area contributed by atoms with E-state index >= 15 is 0 Å². The van der Waals surface area contributed by atoms with Crippen LogP contribution in [0.15, 0.2) is 35.5 Å². The molecule has 0 fully saturated rings. The molecule has 0 atom stereocenters. The number of alkyl halides is 3. The van der Waals surface area contributed by atoms with Gasteiger partial charge in [0.1, 0.15) is 17.0 Å². The monoisotopic (exact) mass is 402 g/mol. The molecule has 2 heterocycles. The molecule has 2 aromatic heterocycles. The first-order valence-corrected chi connectivity index (χ1v) is 8.53. The van der Waals surface area contributed by atoms with Gasteiger partial charge in [-0.05, 0) is 13.0 Å². The van der Waals surface area contributed by atoms with Crippen molar-refractivity contribution in [1.82, 2.24) is 19.6 Å². The van der Waals surface area contributed by atoms with E-state index in [2.05, 4.69) is 15.1 Å². The summed E-state index contributed by atoms with van der Waals surface area (Å²) in [4.78, 5) is 16.3. The van der Waals surface area contributed by atoms with Gasteiger partial charge in [0.25, 0.3) is 21.5 Å². The van der Waals surface area contributed by atoms with Crippen LogP contribution in [0.25, 0.3) is 5.78 Å². The van der Waals surface area contributed by atoms with E-state index < -0.39 is 37.3 Å². The largest absolute Gasteiger partial charge is 0.417 e. The van der Waals surface area contributed by atoms with Crippen LogP contribution >= 0.6 is 0 Å². The lowest BCUT2D eigenvalue weighted by Gasteiger charge is -2.14. The zero-order valence-electron chi connectivity index (χ0n) is 13.3. The van der Waals surface area contributed by atoms with E-state index in [0.29, 0.717) is 17.8 Å². The normalized spacial score (nSPS) is 12.3. The van der Waals surface area contributed by atoms with Crippen LogP contribution in [0.3, 0.4) is 0 Å². The summed E-state index contributed by atoms with van der Waals surface area (Å²) in [5.41, 5.74) is -2.21. The number of aryl methyl sites for hydroxylation is 1. The first-order chi connectivity index (χ1) is 12.5. The molecule has 0 aliphatic carbocycles. The molecule has 0 spiro atoms. The van der Waals surface area contributed by atoms with Crippen LogP contribution < -0.4 is 4.72 Å². The lowest BCUT2D eigenvalue weighted by Crippen LogP contribution is -2.21. The molecule has 1 aromatic carbocycles. The Hall–Kier alpha value is -3.29. The highest BCUT2D eigenvalue weighted by Gasteiger charge is 2.39. The predicted octanol–water partition coefficient (Wildman–Crippen LogP) is 2.16. The van der Waals surface area contributed by atoms with Gasteiger partial charge in [-0.2, -0.15) is 27.8 Å². The molecule has 0 unspecified atom stereocenters. The second-order valence-corrected chi connectivity index (χ2v) is 6.95. The lowest BCUT2D eigenvalue weighted by molar-refractivity contribution is -0.385. The van der Waals surface area contributed by atoms with Gasteiger partial charge < -0.3 is 0 Å². The number of nitrogens with zero attached hydrogens (tertiary/aromatic N) is 5. The third-order valence-electron chi connectivity index (χ3n) is 3.39. The number of fused-ring (bicyclic) bond motifs is 1. The minimum absolute atomic E-state index is 0.0347. The zero-order chi connectivity index (χ0) is 20.0. The molecule has 0 saturated heterocycles. The summed E-state index contributed by atoms with van der Waals surface area (Å²) >= 11 is 0. The van der Waals surface area contributed by atoms with Crippen LogP contribution in [0.1, 0.15) is 11.3 Å². The minimum atomic E-state index is -5.13. The van der Waals surface area contributed by atoms with E-state index in [1.807, 2.05) is 4.72 Å². The topological polar surface area (TPSA) is 132 Å². The average Bonchev–Trinajstić information content (AvgIpc) is 3.01. The zero-order valence-corrected chi connectivity index (χ0v) is 14.1. The van der Waals surface area contributed by atoms with Crippen molar-refractivity contribution >= 4 is 27.3 Å². The Labute approximate surface area is 148 Å². The number of rotatable bonds is 4. The van der Waals surface area contributed by atoms with Gasteiger partial charge in [0.15, 0.2) is 0 Å². The van der Waals surface area contributed by atoms with Crippen molar-refractivity contribution in [3.8, 4) is 0 Å². The number of anilines is 1. The van der Waals surface area contributed by atoms with Gasteiger partial charge >= 0.3 is 6.18 Å². The number of halogens is 3. The Balaban J connectivity index is 2.14. The highest BCUT2D eigenvalue weighted by atomic mass is 32.2. The first-order valence-electron chi connectivity index (χ1n) is 7.05. The van der Waals surface area contributed by atoms with Crippen LogP contribution in [-0.4, -0.2) is 32.9 Å². The van der Waals surface area contributed by atoms with Gasteiger partial charge in [0, 0.05) is 23.9 Å². The fourth-order valence-corrected chi connectivity index (χ4v) is 3.53. The van der Waals surface area contributed by atoms with Gasteiger partial charge in [-0.25, -0.2) is 13.4 Å². The van der Waals surface area contributed by atoms with Crippen LogP contribution in [0.4, 0.5) is 24.7 Å². The third-order valence-corrected chi connectivity index (χ3v) is 4.80. The Morgan fingerprint density at radius 3 is 2.59 bits per heavy atom. The maximum Gasteiger partial charge on any atom is 0.417 e. The van der Waals surface area contributed by atoms with Crippen molar-refractivity contribution in [2.75, 3.05) is 4.72 Å². The van der Waals surface area contributed by atoms with E-state index in [0.717, 1.165) is 10.8 Å². The number of nitro groups is 1. The summed E-state index contributed by atoms with van der Waals surface area (Å²) in [5.74, 6) is -0.158. The number of non-ortho nitro benzene ring substituents is 1. The molecule has 142 valence electrons. The molecule has 0 amide bonds. The summed E-state index contributed by atoms with van der Waals surface area (Å²) in [6, 6.07) is 2.61. The Kier molecular flexibility index (Phi) is 4.22. The van der Waals surface area contributed by atoms with E-state index in [4.69, 9.17) is 0 Å². The summed E-state index contributed by atoms with van der Waals surface area (Å²) < 4.78 is 67.9. The number of hydrogen-bond donors (Lipinski definition) is 1. The van der Waals surface area contributed by atoms with Crippen molar-refractivity contribution in [2.45, 2.75) is 18.0 Å². The second-order valence-electron chi connectivity index (χ2n) is 5.30. The number of nitro benzene ring substituents is 1. The van der Waals surface area contributed by atoms with Crippen LogP contribution in [0, 0.1) is 17.0 Å². The molecular formula is C13H9F3N6O4S. The quantitative estimate of drug-likeness (QED) is 0.522. The fourth-order valence-electron chi connectivity index (χ4n) is 2.28. The maximum atomic E-state index is 13.3. The van der Waals surface area contributed by atoms with E-state index in [9.17, 15) is 31.7 Å². The first kappa shape index (κ1) is 18.5. The standard InChI is InChI=1S/C13H9F3N6O4S/c1-7-4-11(21-12(19-7)17-6-18-21)20-27(25,26)10-3-2-8(22(23)24)5-9(10)13(14,15)16/h2-6,20H,1H3. The van der Waals surface area contributed by atoms with Crippen LogP contribution in [0.5, 0.6) is 0 Å². The highest BCUT2D eigenvalue weighted by Crippen LogP contribution is 2.37. The molecular weight excluding hydrogens is 393 g/mol. The number of hydrogen-bond acceptors (Lipinski definition) is 7. The smallest absolute Gasteiger partial charge is 0.263 e. The molecule has 10 nitrogen and oxygen atoms in total. The molecule has 27 heavy (non-hydrogen) atoms. The van der Waals surface area contributed by atoms with Gasteiger partial charge in [-0.3, -0.25) is 14.8 Å². The number of sulfonamides is 1. The molecule has 1 N–H and O–H groups in total. The van der Waals surface area contributed by atoms with Crippen LogP contribution in [0.2, 0.25) is 0 Å². The fraction of sp³-hybridized carbons (Fsp3) is 0.154. The summed E-state index contributed by atoms with van der Waals surface area (Å²) in [7, 11) is -4.76. The van der Waals surface area contributed by atoms with Crippen LogP contribution in [-0.2, 0) is 16.2 Å².